The largest absolute Gasteiger partial charge is 0.493 e. The van der Waals surface area contributed by atoms with Gasteiger partial charge in [-0.05, 0) is 19.1 Å². The Bertz CT molecular complexity index is 789. The molecule has 7 nitrogen and oxygen atoms in total. The summed E-state index contributed by atoms with van der Waals surface area (Å²) >= 11 is 0. The fourth-order valence-corrected chi connectivity index (χ4v) is 2.35. The second kappa shape index (κ2) is 10.8. The summed E-state index contributed by atoms with van der Waals surface area (Å²) in [5, 5.41) is 4.27. The molecule has 0 heterocycles. The average molecular weight is 373 g/mol. The molecule has 0 atom stereocenters. The molecular formula is C20H23NO6. The number of amides is 1. The number of fused-ring (bicyclic) bond motifs is 1. The van der Waals surface area contributed by atoms with Crippen molar-refractivity contribution in [1.29, 1.82) is 0 Å². The number of esters is 1. The molecule has 7 heteroatoms. The minimum Gasteiger partial charge on any atom is -0.493 e. The second-order valence-electron chi connectivity index (χ2n) is 5.34. The maximum absolute atomic E-state index is 12.0. The first kappa shape index (κ1) is 20.3. The molecule has 0 aliphatic carbocycles. The summed E-state index contributed by atoms with van der Waals surface area (Å²) in [5.41, 5.74) is 0. The highest BCUT2D eigenvalue weighted by Gasteiger charge is 2.10. The standard InChI is InChI=1S/C20H23NO6/c1-3-19(22)26-14-13-24-12-11-21-20(23)27-18-10-6-7-15-16(18)8-5-9-17(15)25-4-2/h3,5-10H,1,4,11-14H2,2H3,(H,21,23). The van der Waals surface area contributed by atoms with Crippen LogP contribution in [0, 0.1) is 0 Å². The minimum absolute atomic E-state index is 0.132. The van der Waals surface area contributed by atoms with Crippen molar-refractivity contribution in [2.45, 2.75) is 6.92 Å². The van der Waals surface area contributed by atoms with Crippen molar-refractivity contribution >= 4 is 22.8 Å². The second-order valence-corrected chi connectivity index (χ2v) is 5.34. The van der Waals surface area contributed by atoms with Crippen molar-refractivity contribution < 1.29 is 28.5 Å². The molecule has 2 aromatic rings. The Kier molecular flexibility index (Phi) is 8.12. The summed E-state index contributed by atoms with van der Waals surface area (Å²) in [7, 11) is 0. The lowest BCUT2D eigenvalue weighted by atomic mass is 10.1. The Hall–Kier alpha value is -3.06. The van der Waals surface area contributed by atoms with Crippen LogP contribution in [0.1, 0.15) is 6.92 Å². The van der Waals surface area contributed by atoms with Gasteiger partial charge in [0.1, 0.15) is 18.1 Å². The quantitative estimate of drug-likeness (QED) is 0.391. The SMILES string of the molecule is C=CC(=O)OCCOCCNC(=O)Oc1cccc2c(OCC)cccc12. The van der Waals surface area contributed by atoms with Crippen molar-refractivity contribution in [2.75, 3.05) is 33.0 Å². The van der Waals surface area contributed by atoms with Crippen molar-refractivity contribution in [3.63, 3.8) is 0 Å². The summed E-state index contributed by atoms with van der Waals surface area (Å²) in [4.78, 5) is 22.8. The monoisotopic (exact) mass is 373 g/mol. The molecule has 0 aliphatic rings. The molecule has 0 aromatic heterocycles. The van der Waals surface area contributed by atoms with Gasteiger partial charge in [-0.25, -0.2) is 9.59 Å². The number of carbonyl (C=O) groups excluding carboxylic acids is 2. The zero-order valence-corrected chi connectivity index (χ0v) is 15.2. The molecule has 0 unspecified atom stereocenters. The molecule has 0 bridgehead atoms. The Morgan fingerprint density at radius 1 is 1.04 bits per heavy atom. The number of rotatable bonds is 10. The predicted octanol–water partition coefficient (Wildman–Crippen LogP) is 3.07. The fourth-order valence-electron chi connectivity index (χ4n) is 2.35. The number of nitrogens with one attached hydrogen (secondary N) is 1. The zero-order chi connectivity index (χ0) is 19.5. The summed E-state index contributed by atoms with van der Waals surface area (Å²) in [6, 6.07) is 11.0. The van der Waals surface area contributed by atoms with Gasteiger partial charge >= 0.3 is 12.1 Å². The number of ether oxygens (including phenoxy) is 4. The van der Waals surface area contributed by atoms with Gasteiger partial charge in [0.05, 0.1) is 19.8 Å². The Morgan fingerprint density at radius 2 is 1.74 bits per heavy atom. The van der Waals surface area contributed by atoms with Crippen molar-refractivity contribution in [3.8, 4) is 11.5 Å². The molecule has 0 saturated heterocycles. The molecule has 2 rings (SSSR count). The van der Waals surface area contributed by atoms with Gasteiger partial charge in [0, 0.05) is 23.4 Å². The molecule has 144 valence electrons. The van der Waals surface area contributed by atoms with Gasteiger partial charge in [-0.3, -0.25) is 0 Å². The molecule has 0 spiro atoms. The van der Waals surface area contributed by atoms with Gasteiger partial charge in [-0.15, -0.1) is 0 Å². The molecular weight excluding hydrogens is 350 g/mol. The van der Waals surface area contributed by atoms with E-state index in [0.717, 1.165) is 22.6 Å². The first-order chi connectivity index (χ1) is 13.2. The van der Waals surface area contributed by atoms with Crippen molar-refractivity contribution in [2.24, 2.45) is 0 Å². The van der Waals surface area contributed by atoms with Gasteiger partial charge in [0.25, 0.3) is 0 Å². The van der Waals surface area contributed by atoms with E-state index in [2.05, 4.69) is 11.9 Å². The van der Waals surface area contributed by atoms with Crippen LogP contribution in [0.5, 0.6) is 11.5 Å². The van der Waals surface area contributed by atoms with E-state index in [1.807, 2.05) is 31.2 Å². The fraction of sp³-hybridized carbons (Fsp3) is 0.300. The summed E-state index contributed by atoms with van der Waals surface area (Å²) in [5.74, 6) is 0.693. The van der Waals surface area contributed by atoms with Crippen LogP contribution in [0.25, 0.3) is 10.8 Å². The van der Waals surface area contributed by atoms with Gasteiger partial charge in [-0.1, -0.05) is 30.8 Å². The van der Waals surface area contributed by atoms with Gasteiger partial charge in [0.2, 0.25) is 0 Å². The predicted molar refractivity (Wildman–Crippen MR) is 101 cm³/mol. The molecule has 0 saturated carbocycles. The van der Waals surface area contributed by atoms with Crippen LogP contribution in [-0.2, 0) is 14.3 Å². The van der Waals surface area contributed by atoms with E-state index >= 15 is 0 Å². The Labute approximate surface area is 157 Å². The lowest BCUT2D eigenvalue weighted by molar-refractivity contribution is -0.139. The number of carbonyl (C=O) groups is 2. The third-order valence-electron chi connectivity index (χ3n) is 3.50. The Balaban J connectivity index is 1.80. The van der Waals surface area contributed by atoms with E-state index in [9.17, 15) is 9.59 Å². The minimum atomic E-state index is -0.578. The first-order valence-electron chi connectivity index (χ1n) is 8.63. The number of hydrogen-bond acceptors (Lipinski definition) is 6. The Morgan fingerprint density at radius 3 is 2.44 bits per heavy atom. The van der Waals surface area contributed by atoms with Crippen molar-refractivity contribution in [1.82, 2.24) is 5.32 Å². The van der Waals surface area contributed by atoms with E-state index in [4.69, 9.17) is 18.9 Å². The normalized spacial score (nSPS) is 10.3. The van der Waals surface area contributed by atoms with Crippen LogP contribution in [0.15, 0.2) is 49.1 Å². The third kappa shape index (κ3) is 6.31. The first-order valence-corrected chi connectivity index (χ1v) is 8.63. The van der Waals surface area contributed by atoms with Crippen LogP contribution in [0.3, 0.4) is 0 Å². The van der Waals surface area contributed by atoms with E-state index in [1.54, 1.807) is 12.1 Å². The topological polar surface area (TPSA) is 83.1 Å². The molecule has 0 aliphatic heterocycles. The third-order valence-corrected chi connectivity index (χ3v) is 3.50. The number of benzene rings is 2. The molecule has 0 radical (unpaired) electrons. The van der Waals surface area contributed by atoms with Crippen molar-refractivity contribution in [3.05, 3.63) is 49.1 Å². The highest BCUT2D eigenvalue weighted by Crippen LogP contribution is 2.32. The van der Waals surface area contributed by atoms with E-state index in [1.165, 1.54) is 0 Å². The summed E-state index contributed by atoms with van der Waals surface area (Å²) < 4.78 is 21.0. The molecule has 1 amide bonds. The molecule has 1 N–H and O–H groups in total. The lowest BCUT2D eigenvalue weighted by Crippen LogP contribution is -2.30. The highest BCUT2D eigenvalue weighted by molar-refractivity contribution is 5.94. The summed E-state index contributed by atoms with van der Waals surface area (Å²) in [6.45, 7) is 6.66. The molecule has 0 fully saturated rings. The smallest absolute Gasteiger partial charge is 0.412 e. The summed E-state index contributed by atoms with van der Waals surface area (Å²) in [6.07, 6.45) is 0.508. The van der Waals surface area contributed by atoms with Gasteiger partial charge < -0.3 is 24.3 Å². The van der Waals surface area contributed by atoms with E-state index in [-0.39, 0.29) is 26.4 Å². The highest BCUT2D eigenvalue weighted by atomic mass is 16.6. The molecule has 2 aromatic carbocycles. The van der Waals surface area contributed by atoms with Crippen LogP contribution >= 0.6 is 0 Å². The van der Waals surface area contributed by atoms with Crippen LogP contribution in [-0.4, -0.2) is 45.0 Å². The maximum atomic E-state index is 12.0. The number of hydrogen-bond donors (Lipinski definition) is 1. The average Bonchev–Trinajstić information content (AvgIpc) is 2.68. The molecule has 27 heavy (non-hydrogen) atoms. The maximum Gasteiger partial charge on any atom is 0.412 e. The van der Waals surface area contributed by atoms with Crippen LogP contribution < -0.4 is 14.8 Å². The van der Waals surface area contributed by atoms with Gasteiger partial charge in [-0.2, -0.15) is 0 Å². The van der Waals surface area contributed by atoms with E-state index < -0.39 is 12.1 Å². The van der Waals surface area contributed by atoms with Crippen LogP contribution in [0.4, 0.5) is 4.79 Å². The lowest BCUT2D eigenvalue weighted by Gasteiger charge is -2.11. The van der Waals surface area contributed by atoms with Crippen LogP contribution in [0.2, 0.25) is 0 Å². The van der Waals surface area contributed by atoms with Gasteiger partial charge in [0.15, 0.2) is 0 Å². The van der Waals surface area contributed by atoms with E-state index in [0.29, 0.717) is 12.4 Å². The zero-order valence-electron chi connectivity index (χ0n) is 15.2.